The zero-order valence-electron chi connectivity index (χ0n) is 13.2. The lowest BCUT2D eigenvalue weighted by atomic mass is 10.2. The van der Waals surface area contributed by atoms with Gasteiger partial charge in [-0.15, -0.1) is 0 Å². The number of ether oxygens (including phenoxy) is 1. The third kappa shape index (κ3) is 4.42. The Hall–Kier alpha value is -1.28. The lowest BCUT2D eigenvalue weighted by molar-refractivity contribution is -0.122. The Balaban J connectivity index is 1.57. The van der Waals surface area contributed by atoms with E-state index < -0.39 is 0 Å². The molecule has 0 saturated carbocycles. The molecule has 4 nitrogen and oxygen atoms in total. The number of nitrogens with zero attached hydrogens (tertiary/aromatic N) is 2. The van der Waals surface area contributed by atoms with Gasteiger partial charge in [-0.2, -0.15) is 0 Å². The van der Waals surface area contributed by atoms with Crippen LogP contribution in [-0.4, -0.2) is 59.4 Å². The van der Waals surface area contributed by atoms with E-state index in [1.165, 1.54) is 23.9 Å². The van der Waals surface area contributed by atoms with E-state index in [0.717, 1.165) is 39.3 Å². The SMILES string of the molecule is O=C1/C(=C/c2cccc(F)c2)SC(=S)N1CCCN1CCOCC1. The molecule has 2 heterocycles. The Bertz CT molecular complexity index is 660. The van der Waals surface area contributed by atoms with E-state index in [9.17, 15) is 9.18 Å². The van der Waals surface area contributed by atoms with Gasteiger partial charge in [-0.1, -0.05) is 36.1 Å². The van der Waals surface area contributed by atoms with Gasteiger partial charge in [-0.25, -0.2) is 4.39 Å². The molecule has 0 bridgehead atoms. The molecular formula is C17H19FN2O2S2. The molecule has 0 atom stereocenters. The van der Waals surface area contributed by atoms with Crippen LogP contribution in [0.3, 0.4) is 0 Å². The van der Waals surface area contributed by atoms with E-state index in [1.54, 1.807) is 23.1 Å². The van der Waals surface area contributed by atoms with Crippen molar-refractivity contribution in [1.29, 1.82) is 0 Å². The smallest absolute Gasteiger partial charge is 0.266 e. The summed E-state index contributed by atoms with van der Waals surface area (Å²) < 4.78 is 19.2. The van der Waals surface area contributed by atoms with Crippen LogP contribution in [0.15, 0.2) is 29.2 Å². The normalized spacial score (nSPS) is 21.0. The molecule has 2 saturated heterocycles. The Morgan fingerprint density at radius 2 is 2.08 bits per heavy atom. The molecule has 0 unspecified atom stereocenters. The number of carbonyl (C=O) groups excluding carboxylic acids is 1. The molecule has 7 heteroatoms. The minimum Gasteiger partial charge on any atom is -0.379 e. The summed E-state index contributed by atoms with van der Waals surface area (Å²) in [6, 6.07) is 6.19. The van der Waals surface area contributed by atoms with E-state index in [0.29, 0.717) is 21.3 Å². The van der Waals surface area contributed by atoms with Crippen molar-refractivity contribution in [3.05, 3.63) is 40.6 Å². The maximum Gasteiger partial charge on any atom is 0.266 e. The maximum atomic E-state index is 13.3. The predicted octanol–water partition coefficient (Wildman–Crippen LogP) is 2.75. The molecule has 2 fully saturated rings. The van der Waals surface area contributed by atoms with Crippen LogP contribution in [0.2, 0.25) is 0 Å². The van der Waals surface area contributed by atoms with Crippen molar-refractivity contribution in [2.75, 3.05) is 39.4 Å². The first kappa shape index (κ1) is 17.5. The van der Waals surface area contributed by atoms with Gasteiger partial charge in [0.15, 0.2) is 0 Å². The summed E-state index contributed by atoms with van der Waals surface area (Å²) in [5.74, 6) is -0.402. The Morgan fingerprint density at radius 3 is 2.83 bits per heavy atom. The molecule has 128 valence electrons. The molecule has 2 aliphatic rings. The number of halogens is 1. The number of hydrogen-bond donors (Lipinski definition) is 0. The largest absolute Gasteiger partial charge is 0.379 e. The monoisotopic (exact) mass is 366 g/mol. The highest BCUT2D eigenvalue weighted by molar-refractivity contribution is 8.26. The van der Waals surface area contributed by atoms with Crippen LogP contribution in [0.1, 0.15) is 12.0 Å². The molecule has 2 aliphatic heterocycles. The van der Waals surface area contributed by atoms with E-state index in [1.807, 2.05) is 0 Å². The average Bonchev–Trinajstić information content (AvgIpc) is 2.83. The van der Waals surface area contributed by atoms with Crippen molar-refractivity contribution in [2.45, 2.75) is 6.42 Å². The summed E-state index contributed by atoms with van der Waals surface area (Å²) in [5.41, 5.74) is 0.670. The standard InChI is InChI=1S/C17H19FN2O2S2/c18-14-4-1-3-13(11-14)12-15-16(21)20(17(23)24-15)6-2-5-19-7-9-22-10-8-19/h1,3-4,11-12H,2,5-10H2/b15-12-. The first-order valence-electron chi connectivity index (χ1n) is 7.94. The zero-order chi connectivity index (χ0) is 16.9. The number of carbonyl (C=O) groups is 1. The number of benzene rings is 1. The third-order valence-electron chi connectivity index (χ3n) is 3.98. The summed E-state index contributed by atoms with van der Waals surface area (Å²) in [7, 11) is 0. The lowest BCUT2D eigenvalue weighted by Gasteiger charge is -2.27. The number of thiocarbonyl (C=S) groups is 1. The fraction of sp³-hybridized carbons (Fsp3) is 0.412. The number of morpholine rings is 1. The van der Waals surface area contributed by atoms with Crippen molar-refractivity contribution in [1.82, 2.24) is 9.80 Å². The quantitative estimate of drug-likeness (QED) is 0.591. The van der Waals surface area contributed by atoms with Gasteiger partial charge in [-0.05, 0) is 30.2 Å². The van der Waals surface area contributed by atoms with Gasteiger partial charge in [0.25, 0.3) is 5.91 Å². The summed E-state index contributed by atoms with van der Waals surface area (Å²) in [4.78, 5) is 17.0. The third-order valence-corrected chi connectivity index (χ3v) is 5.36. The van der Waals surface area contributed by atoms with Crippen LogP contribution in [0, 0.1) is 5.82 Å². The molecule has 3 rings (SSSR count). The molecule has 0 spiro atoms. The summed E-state index contributed by atoms with van der Waals surface area (Å²) in [5, 5.41) is 0. The summed E-state index contributed by atoms with van der Waals surface area (Å²) >= 11 is 6.61. The van der Waals surface area contributed by atoms with Crippen LogP contribution in [-0.2, 0) is 9.53 Å². The van der Waals surface area contributed by atoms with Gasteiger partial charge in [0, 0.05) is 26.2 Å². The van der Waals surface area contributed by atoms with Crippen molar-refractivity contribution >= 4 is 40.3 Å². The number of rotatable bonds is 5. The second-order valence-corrected chi connectivity index (χ2v) is 7.37. The second-order valence-electron chi connectivity index (χ2n) is 5.70. The average molecular weight is 366 g/mol. The first-order chi connectivity index (χ1) is 11.6. The highest BCUT2D eigenvalue weighted by atomic mass is 32.2. The van der Waals surface area contributed by atoms with Crippen LogP contribution < -0.4 is 0 Å². The summed E-state index contributed by atoms with van der Waals surface area (Å²) in [6.45, 7) is 4.98. The number of thioether (sulfide) groups is 1. The lowest BCUT2D eigenvalue weighted by Crippen LogP contribution is -2.38. The predicted molar refractivity (Wildman–Crippen MR) is 98.2 cm³/mol. The minimum atomic E-state index is -0.315. The van der Waals surface area contributed by atoms with Crippen molar-refractivity contribution in [3.63, 3.8) is 0 Å². The molecule has 1 aromatic carbocycles. The topological polar surface area (TPSA) is 32.8 Å². The molecule has 24 heavy (non-hydrogen) atoms. The minimum absolute atomic E-state index is 0.0868. The Morgan fingerprint density at radius 1 is 1.29 bits per heavy atom. The summed E-state index contributed by atoms with van der Waals surface area (Å²) in [6.07, 6.45) is 2.57. The molecule has 0 N–H and O–H groups in total. The van der Waals surface area contributed by atoms with E-state index in [2.05, 4.69) is 4.90 Å². The van der Waals surface area contributed by atoms with Crippen molar-refractivity contribution < 1.29 is 13.9 Å². The van der Waals surface area contributed by atoms with Gasteiger partial charge in [-0.3, -0.25) is 14.6 Å². The van der Waals surface area contributed by atoms with Crippen LogP contribution in [0.5, 0.6) is 0 Å². The van der Waals surface area contributed by atoms with Gasteiger partial charge in [0.05, 0.1) is 18.1 Å². The van der Waals surface area contributed by atoms with Crippen LogP contribution >= 0.6 is 24.0 Å². The van der Waals surface area contributed by atoms with Crippen LogP contribution in [0.25, 0.3) is 6.08 Å². The highest BCUT2D eigenvalue weighted by Crippen LogP contribution is 2.32. The molecule has 0 aliphatic carbocycles. The fourth-order valence-electron chi connectivity index (χ4n) is 2.72. The Labute approximate surface area is 150 Å². The van der Waals surface area contributed by atoms with Gasteiger partial charge in [0.2, 0.25) is 0 Å². The number of hydrogen-bond acceptors (Lipinski definition) is 5. The Kier molecular flexibility index (Phi) is 5.99. The van der Waals surface area contributed by atoms with Gasteiger partial charge >= 0.3 is 0 Å². The molecule has 1 amide bonds. The number of amides is 1. The molecular weight excluding hydrogens is 347 g/mol. The van der Waals surface area contributed by atoms with Gasteiger partial charge in [0.1, 0.15) is 10.1 Å². The van der Waals surface area contributed by atoms with E-state index in [4.69, 9.17) is 17.0 Å². The van der Waals surface area contributed by atoms with Crippen molar-refractivity contribution in [2.24, 2.45) is 0 Å². The second kappa shape index (κ2) is 8.20. The van der Waals surface area contributed by atoms with E-state index >= 15 is 0 Å². The first-order valence-corrected chi connectivity index (χ1v) is 9.17. The molecule has 0 radical (unpaired) electrons. The molecule has 1 aromatic rings. The van der Waals surface area contributed by atoms with Gasteiger partial charge < -0.3 is 4.74 Å². The van der Waals surface area contributed by atoms with Crippen molar-refractivity contribution in [3.8, 4) is 0 Å². The highest BCUT2D eigenvalue weighted by Gasteiger charge is 2.31. The molecule has 0 aromatic heterocycles. The van der Waals surface area contributed by atoms with E-state index in [-0.39, 0.29) is 11.7 Å². The van der Waals surface area contributed by atoms with Crippen LogP contribution in [0.4, 0.5) is 4.39 Å². The maximum absolute atomic E-state index is 13.3. The fourth-order valence-corrected chi connectivity index (χ4v) is 4.03. The zero-order valence-corrected chi connectivity index (χ0v) is 14.9.